The number of ether oxygens (including phenoxy) is 2. The van der Waals surface area contributed by atoms with Crippen molar-refractivity contribution in [3.05, 3.63) is 47.4 Å². The summed E-state index contributed by atoms with van der Waals surface area (Å²) in [7, 11) is 0. The van der Waals surface area contributed by atoms with Crippen molar-refractivity contribution in [2.45, 2.75) is 32.7 Å². The Labute approximate surface area is 146 Å². The molecule has 25 heavy (non-hydrogen) atoms. The lowest BCUT2D eigenvalue weighted by Gasteiger charge is -2.18. The first-order valence-corrected chi connectivity index (χ1v) is 8.31. The second-order valence-corrected chi connectivity index (χ2v) is 6.02. The standard InChI is InChI=1S/C19H21NO5/c1-12-3-6-16(25-12)13(2)20-19(22)8-5-15(21)14-4-7-17-18(11-14)24-10-9-23-17/h3-4,6-7,11,13H,5,8-10H2,1-2H3,(H,20,22)/t13-/m1/s1. The molecule has 0 aliphatic carbocycles. The zero-order valence-corrected chi connectivity index (χ0v) is 14.3. The fourth-order valence-corrected chi connectivity index (χ4v) is 2.66. The Hall–Kier alpha value is -2.76. The van der Waals surface area contributed by atoms with Crippen LogP contribution in [0.2, 0.25) is 0 Å². The van der Waals surface area contributed by atoms with Crippen molar-refractivity contribution in [1.82, 2.24) is 5.32 Å². The number of hydrogen-bond acceptors (Lipinski definition) is 5. The van der Waals surface area contributed by atoms with Crippen molar-refractivity contribution >= 4 is 11.7 Å². The van der Waals surface area contributed by atoms with E-state index in [4.69, 9.17) is 13.9 Å². The predicted octanol–water partition coefficient (Wildman–Crippen LogP) is 3.20. The van der Waals surface area contributed by atoms with E-state index in [1.54, 1.807) is 18.2 Å². The number of carbonyl (C=O) groups is 2. The van der Waals surface area contributed by atoms with E-state index < -0.39 is 0 Å². The molecule has 3 rings (SSSR count). The van der Waals surface area contributed by atoms with Crippen molar-refractivity contribution in [3.63, 3.8) is 0 Å². The fraction of sp³-hybridized carbons (Fsp3) is 0.368. The molecule has 0 saturated carbocycles. The number of fused-ring (bicyclic) bond motifs is 1. The maximum Gasteiger partial charge on any atom is 0.221 e. The van der Waals surface area contributed by atoms with Crippen LogP contribution in [-0.4, -0.2) is 24.9 Å². The van der Waals surface area contributed by atoms with Gasteiger partial charge in [0.05, 0.1) is 6.04 Å². The van der Waals surface area contributed by atoms with Crippen LogP contribution in [0.3, 0.4) is 0 Å². The first kappa shape index (κ1) is 17.1. The van der Waals surface area contributed by atoms with Gasteiger partial charge in [0.2, 0.25) is 5.91 Å². The Morgan fingerprint density at radius 3 is 2.56 bits per heavy atom. The van der Waals surface area contributed by atoms with Crippen molar-refractivity contribution in [2.24, 2.45) is 0 Å². The van der Waals surface area contributed by atoms with E-state index in [1.165, 1.54) is 0 Å². The van der Waals surface area contributed by atoms with Crippen LogP contribution in [-0.2, 0) is 4.79 Å². The lowest BCUT2D eigenvalue weighted by molar-refractivity contribution is -0.121. The maximum atomic E-state index is 12.3. The second-order valence-electron chi connectivity index (χ2n) is 6.02. The molecule has 1 aromatic heterocycles. The van der Waals surface area contributed by atoms with Crippen molar-refractivity contribution in [3.8, 4) is 11.5 Å². The maximum absolute atomic E-state index is 12.3. The molecule has 1 atom stereocenters. The molecule has 1 aliphatic heterocycles. The van der Waals surface area contributed by atoms with Gasteiger partial charge in [-0.1, -0.05) is 0 Å². The molecule has 0 radical (unpaired) electrons. The van der Waals surface area contributed by atoms with Gasteiger partial charge >= 0.3 is 0 Å². The number of amides is 1. The molecule has 2 aromatic rings. The average molecular weight is 343 g/mol. The molecule has 0 unspecified atom stereocenters. The number of aryl methyl sites for hydroxylation is 1. The van der Waals surface area contributed by atoms with Gasteiger partial charge in [0.1, 0.15) is 24.7 Å². The van der Waals surface area contributed by atoms with Crippen LogP contribution >= 0.6 is 0 Å². The summed E-state index contributed by atoms with van der Waals surface area (Å²) in [6.07, 6.45) is 0.257. The second kappa shape index (κ2) is 7.42. The number of rotatable bonds is 6. The molecule has 0 saturated heterocycles. The number of furan rings is 1. The van der Waals surface area contributed by atoms with Crippen LogP contribution in [0.25, 0.3) is 0 Å². The minimum atomic E-state index is -0.231. The highest BCUT2D eigenvalue weighted by molar-refractivity contribution is 5.98. The van der Waals surface area contributed by atoms with Crippen LogP contribution in [0, 0.1) is 6.92 Å². The Morgan fingerprint density at radius 1 is 1.08 bits per heavy atom. The summed E-state index contributed by atoms with van der Waals surface area (Å²) in [6.45, 7) is 4.67. The number of hydrogen-bond donors (Lipinski definition) is 1. The minimum absolute atomic E-state index is 0.103. The Balaban J connectivity index is 1.52. The summed E-state index contributed by atoms with van der Waals surface area (Å²) in [4.78, 5) is 24.4. The Kier molecular flexibility index (Phi) is 5.07. The van der Waals surface area contributed by atoms with Gasteiger partial charge < -0.3 is 19.2 Å². The van der Waals surface area contributed by atoms with Gasteiger partial charge in [0, 0.05) is 18.4 Å². The number of carbonyl (C=O) groups excluding carboxylic acids is 2. The van der Waals surface area contributed by atoms with Crippen molar-refractivity contribution in [1.29, 1.82) is 0 Å². The minimum Gasteiger partial charge on any atom is -0.486 e. The SMILES string of the molecule is Cc1ccc([C@@H](C)NC(=O)CCC(=O)c2ccc3c(c2)OCCO3)o1. The summed E-state index contributed by atoms with van der Waals surface area (Å²) in [6, 6.07) is 8.54. The zero-order valence-electron chi connectivity index (χ0n) is 14.3. The lowest BCUT2D eigenvalue weighted by Crippen LogP contribution is -2.26. The van der Waals surface area contributed by atoms with Gasteiger partial charge in [-0.3, -0.25) is 9.59 Å². The summed E-state index contributed by atoms with van der Waals surface area (Å²) in [5.74, 6) is 2.42. The Morgan fingerprint density at radius 2 is 1.84 bits per heavy atom. The zero-order chi connectivity index (χ0) is 17.8. The molecule has 0 spiro atoms. The van der Waals surface area contributed by atoms with Crippen LogP contribution < -0.4 is 14.8 Å². The molecule has 0 bridgehead atoms. The highest BCUT2D eigenvalue weighted by Gasteiger charge is 2.17. The molecule has 6 nitrogen and oxygen atoms in total. The van der Waals surface area contributed by atoms with E-state index in [1.807, 2.05) is 26.0 Å². The molecular weight excluding hydrogens is 322 g/mol. The van der Waals surface area contributed by atoms with Crippen LogP contribution in [0.1, 0.15) is 47.7 Å². The fourth-order valence-electron chi connectivity index (χ4n) is 2.66. The van der Waals surface area contributed by atoms with Crippen molar-refractivity contribution < 1.29 is 23.5 Å². The molecule has 1 amide bonds. The van der Waals surface area contributed by atoms with E-state index in [9.17, 15) is 9.59 Å². The van der Waals surface area contributed by atoms with E-state index in [0.29, 0.717) is 36.0 Å². The van der Waals surface area contributed by atoms with E-state index in [2.05, 4.69) is 5.32 Å². The van der Waals surface area contributed by atoms with Gasteiger partial charge in [-0.15, -0.1) is 0 Å². The normalized spacial score (nSPS) is 14.0. The molecule has 1 aromatic carbocycles. The van der Waals surface area contributed by atoms with Crippen molar-refractivity contribution in [2.75, 3.05) is 13.2 Å². The van der Waals surface area contributed by atoms with E-state index in [0.717, 1.165) is 5.76 Å². The summed E-state index contributed by atoms with van der Waals surface area (Å²) >= 11 is 0. The van der Waals surface area contributed by atoms with Gasteiger partial charge in [0.15, 0.2) is 17.3 Å². The van der Waals surface area contributed by atoms with Crippen LogP contribution in [0.15, 0.2) is 34.7 Å². The van der Waals surface area contributed by atoms with Gasteiger partial charge in [-0.25, -0.2) is 0 Å². The number of nitrogens with one attached hydrogen (secondary N) is 1. The van der Waals surface area contributed by atoms with Gasteiger partial charge in [-0.2, -0.15) is 0 Å². The topological polar surface area (TPSA) is 77.8 Å². The molecule has 1 aliphatic rings. The number of Topliss-reactive ketones (excluding diaryl/α,β-unsaturated/α-hetero) is 1. The molecule has 0 fully saturated rings. The van der Waals surface area contributed by atoms with Crippen LogP contribution in [0.5, 0.6) is 11.5 Å². The third-order valence-corrected chi connectivity index (χ3v) is 4.01. The van der Waals surface area contributed by atoms with Crippen LogP contribution in [0.4, 0.5) is 0 Å². The lowest BCUT2D eigenvalue weighted by atomic mass is 10.1. The van der Waals surface area contributed by atoms with Gasteiger partial charge in [-0.05, 0) is 44.2 Å². The monoisotopic (exact) mass is 343 g/mol. The largest absolute Gasteiger partial charge is 0.486 e. The van der Waals surface area contributed by atoms with E-state index in [-0.39, 0.29) is 30.6 Å². The highest BCUT2D eigenvalue weighted by Crippen LogP contribution is 2.31. The quantitative estimate of drug-likeness (QED) is 0.815. The first-order valence-electron chi connectivity index (χ1n) is 8.31. The summed E-state index contributed by atoms with van der Waals surface area (Å²) < 4.78 is 16.4. The van der Waals surface area contributed by atoms with Gasteiger partial charge in [0.25, 0.3) is 0 Å². The molecule has 132 valence electrons. The predicted molar refractivity (Wildman–Crippen MR) is 91.0 cm³/mol. The number of benzene rings is 1. The van der Waals surface area contributed by atoms with E-state index >= 15 is 0 Å². The third kappa shape index (κ3) is 4.21. The first-order chi connectivity index (χ1) is 12.0. The molecule has 1 N–H and O–H groups in total. The highest BCUT2D eigenvalue weighted by atomic mass is 16.6. The average Bonchev–Trinajstić information content (AvgIpc) is 3.06. The smallest absolute Gasteiger partial charge is 0.221 e. The third-order valence-electron chi connectivity index (χ3n) is 4.01. The summed E-state index contributed by atoms with van der Waals surface area (Å²) in [5, 5.41) is 2.84. The molecular formula is C19H21NO5. The molecule has 6 heteroatoms. The number of ketones is 1. The summed E-state index contributed by atoms with van der Waals surface area (Å²) in [5.41, 5.74) is 0.520. The molecule has 2 heterocycles. The Bertz CT molecular complexity index is 780.